The summed E-state index contributed by atoms with van der Waals surface area (Å²) in [6.45, 7) is 4.48. The molecule has 0 radical (unpaired) electrons. The second kappa shape index (κ2) is 10.2. The van der Waals surface area contributed by atoms with Crippen molar-refractivity contribution in [2.75, 3.05) is 14.2 Å². The molecule has 0 atom stereocenters. The van der Waals surface area contributed by atoms with E-state index >= 15 is 0 Å². The first kappa shape index (κ1) is 22.4. The van der Waals surface area contributed by atoms with Crippen molar-refractivity contribution in [3.05, 3.63) is 71.2 Å². The summed E-state index contributed by atoms with van der Waals surface area (Å²) >= 11 is 9.19. The van der Waals surface area contributed by atoms with E-state index in [0.29, 0.717) is 17.3 Å². The highest BCUT2D eigenvalue weighted by Crippen LogP contribution is 2.36. The number of nitrogens with zero attached hydrogens (tertiary/aromatic N) is 4. The fourth-order valence-corrected chi connectivity index (χ4v) is 5.03. The molecule has 0 N–H and O–H groups in total. The third-order valence-corrected chi connectivity index (χ3v) is 6.85. The Morgan fingerprint density at radius 3 is 2.66 bits per heavy atom. The van der Waals surface area contributed by atoms with Crippen LogP contribution in [0.1, 0.15) is 5.69 Å². The van der Waals surface area contributed by atoms with Gasteiger partial charge in [0, 0.05) is 34.3 Å². The van der Waals surface area contributed by atoms with E-state index in [-0.39, 0.29) is 0 Å². The molecule has 0 unspecified atom stereocenters. The van der Waals surface area contributed by atoms with Crippen LogP contribution < -0.4 is 9.47 Å². The van der Waals surface area contributed by atoms with Gasteiger partial charge in [-0.1, -0.05) is 29.4 Å². The van der Waals surface area contributed by atoms with Crippen LogP contribution in [0.25, 0.3) is 22.0 Å². The van der Waals surface area contributed by atoms with Crippen LogP contribution in [0.2, 0.25) is 5.02 Å². The van der Waals surface area contributed by atoms with Crippen LogP contribution in [0.3, 0.4) is 0 Å². The Morgan fingerprint density at radius 1 is 1.12 bits per heavy atom. The predicted octanol–water partition coefficient (Wildman–Crippen LogP) is 6.22. The van der Waals surface area contributed by atoms with Crippen LogP contribution >= 0.6 is 34.7 Å². The van der Waals surface area contributed by atoms with Crippen molar-refractivity contribution in [2.24, 2.45) is 0 Å². The highest BCUT2D eigenvalue weighted by molar-refractivity contribution is 7.98. The molecule has 4 aromatic rings. The van der Waals surface area contributed by atoms with E-state index < -0.39 is 0 Å². The third-order valence-electron chi connectivity index (χ3n) is 4.67. The summed E-state index contributed by atoms with van der Waals surface area (Å²) in [5.74, 6) is 2.93. The predicted molar refractivity (Wildman–Crippen MR) is 131 cm³/mol. The van der Waals surface area contributed by atoms with Gasteiger partial charge in [-0.05, 0) is 36.4 Å². The Morgan fingerprint density at radius 2 is 1.94 bits per heavy atom. The molecular weight excluding hydrogens is 464 g/mol. The molecule has 6 nitrogen and oxygen atoms in total. The normalized spacial score (nSPS) is 10.8. The molecule has 0 saturated carbocycles. The summed E-state index contributed by atoms with van der Waals surface area (Å²) in [6, 6.07) is 13.3. The first-order valence-corrected chi connectivity index (χ1v) is 12.0. The highest BCUT2D eigenvalue weighted by atomic mass is 35.5. The summed E-state index contributed by atoms with van der Waals surface area (Å²) in [4.78, 5) is 4.79. The molecule has 0 bridgehead atoms. The molecule has 2 aromatic carbocycles. The van der Waals surface area contributed by atoms with Crippen LogP contribution in [-0.2, 0) is 12.3 Å². The van der Waals surface area contributed by atoms with Crippen LogP contribution in [-0.4, -0.2) is 34.0 Å². The lowest BCUT2D eigenvalue weighted by atomic mass is 10.2. The lowest BCUT2D eigenvalue weighted by Crippen LogP contribution is -2.00. The lowest BCUT2D eigenvalue weighted by molar-refractivity contribution is 0.395. The molecule has 2 heterocycles. The Labute approximate surface area is 199 Å². The molecule has 0 aliphatic rings. The quantitative estimate of drug-likeness (QED) is 0.207. The first-order valence-electron chi connectivity index (χ1n) is 9.72. The molecule has 0 aliphatic heterocycles. The number of rotatable bonds is 9. The lowest BCUT2D eigenvalue weighted by Gasteiger charge is -2.08. The fourth-order valence-electron chi connectivity index (χ4n) is 3.11. The summed E-state index contributed by atoms with van der Waals surface area (Å²) in [5.41, 5.74) is 2.86. The fraction of sp³-hybridized carbons (Fsp3) is 0.174. The molecule has 0 spiro atoms. The largest absolute Gasteiger partial charge is 0.497 e. The summed E-state index contributed by atoms with van der Waals surface area (Å²) in [6.07, 6.45) is 1.84. The third kappa shape index (κ3) is 4.82. The van der Waals surface area contributed by atoms with Crippen molar-refractivity contribution in [1.29, 1.82) is 0 Å². The van der Waals surface area contributed by atoms with Gasteiger partial charge in [-0.3, -0.25) is 4.57 Å². The molecule has 4 rings (SSSR count). The Balaban J connectivity index is 1.53. The Bertz CT molecular complexity index is 1220. The number of hydrogen-bond donors (Lipinski definition) is 0. The van der Waals surface area contributed by atoms with Crippen molar-refractivity contribution < 1.29 is 9.47 Å². The second-order valence-corrected chi connectivity index (χ2v) is 8.95. The maximum atomic E-state index is 6.02. The van der Waals surface area contributed by atoms with E-state index in [0.717, 1.165) is 44.3 Å². The van der Waals surface area contributed by atoms with Gasteiger partial charge in [0.25, 0.3) is 0 Å². The zero-order chi connectivity index (χ0) is 22.5. The standard InChI is InChI=1S/C23H21ClN4O2S2/c1-4-11-28-21(15-5-7-16(24)8-6-15)26-27-23(28)32-14-17-13-31-22(25-17)19-10-9-18(29-2)12-20(19)30-3/h4-10,12-13H,1,11,14H2,2-3H3. The van der Waals surface area contributed by atoms with Crippen LogP contribution in [0.5, 0.6) is 11.5 Å². The van der Waals surface area contributed by atoms with Gasteiger partial charge in [-0.15, -0.1) is 28.1 Å². The molecular formula is C23H21ClN4O2S2. The zero-order valence-corrected chi connectivity index (χ0v) is 20.0. The maximum absolute atomic E-state index is 6.02. The van der Waals surface area contributed by atoms with Gasteiger partial charge in [0.05, 0.1) is 25.5 Å². The van der Waals surface area contributed by atoms with Gasteiger partial charge in [0.1, 0.15) is 16.5 Å². The van der Waals surface area contributed by atoms with Crippen molar-refractivity contribution in [3.63, 3.8) is 0 Å². The molecule has 0 amide bonds. The van der Waals surface area contributed by atoms with Gasteiger partial charge in [-0.25, -0.2) is 4.98 Å². The van der Waals surface area contributed by atoms with Crippen LogP contribution in [0.15, 0.2) is 65.7 Å². The number of thiazole rings is 1. The van der Waals surface area contributed by atoms with Crippen molar-refractivity contribution >= 4 is 34.7 Å². The molecule has 0 saturated heterocycles. The minimum absolute atomic E-state index is 0.610. The van der Waals surface area contributed by atoms with Crippen LogP contribution in [0, 0.1) is 0 Å². The number of ether oxygens (including phenoxy) is 2. The van der Waals surface area contributed by atoms with Crippen LogP contribution in [0.4, 0.5) is 0 Å². The van der Waals surface area contributed by atoms with Crippen molar-refractivity contribution in [3.8, 4) is 33.5 Å². The number of aromatic nitrogens is 4. The van der Waals surface area contributed by atoms with Gasteiger partial charge in [0.15, 0.2) is 11.0 Å². The molecule has 0 aliphatic carbocycles. The van der Waals surface area contributed by atoms with Crippen molar-refractivity contribution in [2.45, 2.75) is 17.5 Å². The van der Waals surface area contributed by atoms with Gasteiger partial charge < -0.3 is 9.47 Å². The summed E-state index contributed by atoms with van der Waals surface area (Å²) in [5, 5.41) is 13.2. The molecule has 32 heavy (non-hydrogen) atoms. The van der Waals surface area contributed by atoms with Gasteiger partial charge >= 0.3 is 0 Å². The zero-order valence-electron chi connectivity index (χ0n) is 17.6. The average molecular weight is 485 g/mol. The monoisotopic (exact) mass is 484 g/mol. The Kier molecular flexibility index (Phi) is 7.14. The number of thioether (sulfide) groups is 1. The van der Waals surface area contributed by atoms with E-state index in [4.69, 9.17) is 26.1 Å². The number of hydrogen-bond acceptors (Lipinski definition) is 7. The highest BCUT2D eigenvalue weighted by Gasteiger charge is 2.16. The second-order valence-electron chi connectivity index (χ2n) is 6.71. The number of allylic oxidation sites excluding steroid dienone is 1. The minimum Gasteiger partial charge on any atom is -0.497 e. The number of benzene rings is 2. The minimum atomic E-state index is 0.610. The smallest absolute Gasteiger partial charge is 0.192 e. The molecule has 164 valence electrons. The van der Waals surface area contributed by atoms with E-state index in [2.05, 4.69) is 22.2 Å². The first-order chi connectivity index (χ1) is 15.6. The maximum Gasteiger partial charge on any atom is 0.192 e. The number of halogens is 1. The molecule has 2 aromatic heterocycles. The van der Waals surface area contributed by atoms with Crippen molar-refractivity contribution in [1.82, 2.24) is 19.7 Å². The van der Waals surface area contributed by atoms with E-state index in [9.17, 15) is 0 Å². The summed E-state index contributed by atoms with van der Waals surface area (Å²) in [7, 11) is 3.28. The number of methoxy groups -OCH3 is 2. The summed E-state index contributed by atoms with van der Waals surface area (Å²) < 4.78 is 12.8. The molecule has 0 fully saturated rings. The Hall–Kier alpha value is -2.81. The van der Waals surface area contributed by atoms with E-state index in [1.54, 1.807) is 37.3 Å². The topological polar surface area (TPSA) is 62.1 Å². The average Bonchev–Trinajstić information content (AvgIpc) is 3.45. The van der Waals surface area contributed by atoms with Gasteiger partial charge in [-0.2, -0.15) is 0 Å². The van der Waals surface area contributed by atoms with E-state index in [1.165, 1.54) is 0 Å². The van der Waals surface area contributed by atoms with Gasteiger partial charge in [0.2, 0.25) is 0 Å². The SMILES string of the molecule is C=CCn1c(SCc2csc(-c3ccc(OC)cc3OC)n2)nnc1-c1ccc(Cl)cc1. The van der Waals surface area contributed by atoms with E-state index in [1.807, 2.05) is 53.1 Å². The molecule has 9 heteroatoms.